The number of nitrogens with zero attached hydrogens (tertiary/aromatic N) is 1. The van der Waals surface area contributed by atoms with Gasteiger partial charge in [0.15, 0.2) is 5.60 Å². The Morgan fingerprint density at radius 1 is 1.20 bits per heavy atom. The Morgan fingerprint density at radius 3 is 2.76 bits per heavy atom. The van der Waals surface area contributed by atoms with E-state index in [0.29, 0.717) is 12.4 Å². The van der Waals surface area contributed by atoms with E-state index in [0.717, 1.165) is 35.4 Å². The Balaban J connectivity index is 1.66. The van der Waals surface area contributed by atoms with Crippen LogP contribution < -0.4 is 10.2 Å². The summed E-state index contributed by atoms with van der Waals surface area (Å²) in [7, 11) is 4.00. The monoisotopic (exact) mass is 340 g/mol. The zero-order valence-electron chi connectivity index (χ0n) is 14.4. The maximum absolute atomic E-state index is 13.7. The number of ether oxygens (including phenoxy) is 1. The predicted molar refractivity (Wildman–Crippen MR) is 94.3 cm³/mol. The van der Waals surface area contributed by atoms with Gasteiger partial charge in [0.1, 0.15) is 11.6 Å². The standard InChI is InChI=1S/C20H21FN2O2/c1-23(2)10-11-24-22-19-16-9-8-15(21)12-18(16)25-20(13-17(19)20)14-6-4-3-5-7-14/h3-9,12,22H,10-11,13H2,1-2H3. The van der Waals surface area contributed by atoms with Crippen LogP contribution in [0.25, 0.3) is 5.70 Å². The van der Waals surface area contributed by atoms with E-state index in [2.05, 4.69) is 10.4 Å². The molecular formula is C20H21FN2O2. The fourth-order valence-corrected chi connectivity index (χ4v) is 3.24. The quantitative estimate of drug-likeness (QED) is 0.646. The number of nitrogens with one attached hydrogen (secondary N) is 1. The number of fused-ring (bicyclic) bond motifs is 2. The van der Waals surface area contributed by atoms with Crippen molar-refractivity contribution in [3.63, 3.8) is 0 Å². The first kappa shape index (κ1) is 16.1. The van der Waals surface area contributed by atoms with Crippen molar-refractivity contribution >= 4 is 5.70 Å². The molecule has 0 radical (unpaired) electrons. The van der Waals surface area contributed by atoms with E-state index in [-0.39, 0.29) is 5.82 Å². The molecule has 1 N–H and O–H groups in total. The average molecular weight is 340 g/mol. The van der Waals surface area contributed by atoms with Crippen molar-refractivity contribution in [2.24, 2.45) is 0 Å². The molecule has 0 bridgehead atoms. The molecule has 0 aromatic heterocycles. The highest BCUT2D eigenvalue weighted by Gasteiger charge is 2.58. The van der Waals surface area contributed by atoms with Gasteiger partial charge in [-0.2, -0.15) is 0 Å². The van der Waals surface area contributed by atoms with Crippen LogP contribution in [0.15, 0.2) is 54.1 Å². The normalized spacial score (nSPS) is 20.8. The largest absolute Gasteiger partial charge is 0.477 e. The van der Waals surface area contributed by atoms with E-state index < -0.39 is 5.60 Å². The van der Waals surface area contributed by atoms with E-state index in [1.165, 1.54) is 12.1 Å². The van der Waals surface area contributed by atoms with Gasteiger partial charge in [-0.05, 0) is 26.2 Å². The molecule has 25 heavy (non-hydrogen) atoms. The van der Waals surface area contributed by atoms with Crippen LogP contribution in [0.3, 0.4) is 0 Å². The predicted octanol–water partition coefficient (Wildman–Crippen LogP) is 3.31. The maximum atomic E-state index is 13.7. The number of hydrogen-bond acceptors (Lipinski definition) is 4. The summed E-state index contributed by atoms with van der Waals surface area (Å²) in [4.78, 5) is 7.70. The third-order valence-electron chi connectivity index (χ3n) is 4.64. The van der Waals surface area contributed by atoms with Gasteiger partial charge in [-0.25, -0.2) is 4.39 Å². The van der Waals surface area contributed by atoms with Gasteiger partial charge in [-0.1, -0.05) is 30.3 Å². The number of rotatable bonds is 6. The zero-order chi connectivity index (χ0) is 17.4. The second-order valence-electron chi connectivity index (χ2n) is 6.72. The van der Waals surface area contributed by atoms with Crippen LogP contribution in [0.5, 0.6) is 5.75 Å². The van der Waals surface area contributed by atoms with E-state index >= 15 is 0 Å². The summed E-state index contributed by atoms with van der Waals surface area (Å²) in [5.74, 6) is 0.239. The first-order valence-electron chi connectivity index (χ1n) is 8.41. The molecule has 130 valence electrons. The molecule has 1 aliphatic carbocycles. The van der Waals surface area contributed by atoms with Gasteiger partial charge in [0, 0.05) is 35.7 Å². The Labute approximate surface area is 146 Å². The third-order valence-corrected chi connectivity index (χ3v) is 4.64. The molecule has 5 heteroatoms. The van der Waals surface area contributed by atoms with Gasteiger partial charge in [-0.3, -0.25) is 10.3 Å². The van der Waals surface area contributed by atoms with Crippen LogP contribution in [-0.2, 0) is 10.4 Å². The summed E-state index contributed by atoms with van der Waals surface area (Å²) in [6.45, 7) is 1.37. The molecule has 1 heterocycles. The molecule has 1 aliphatic heterocycles. The van der Waals surface area contributed by atoms with Crippen molar-refractivity contribution < 1.29 is 14.0 Å². The highest BCUT2D eigenvalue weighted by Crippen LogP contribution is 2.61. The lowest BCUT2D eigenvalue weighted by molar-refractivity contribution is 0.0651. The number of likely N-dealkylation sites (N-methyl/N-ethyl adjacent to an activating group) is 1. The molecule has 1 unspecified atom stereocenters. The first-order chi connectivity index (χ1) is 12.1. The van der Waals surface area contributed by atoms with Gasteiger partial charge in [0.05, 0.1) is 12.3 Å². The van der Waals surface area contributed by atoms with Gasteiger partial charge in [-0.15, -0.1) is 0 Å². The highest BCUT2D eigenvalue weighted by molar-refractivity contribution is 5.80. The molecule has 2 aliphatic rings. The summed E-state index contributed by atoms with van der Waals surface area (Å²) in [5.41, 5.74) is 6.53. The van der Waals surface area contributed by atoms with E-state index in [9.17, 15) is 4.39 Å². The van der Waals surface area contributed by atoms with Crippen molar-refractivity contribution in [1.82, 2.24) is 10.4 Å². The number of benzene rings is 2. The molecule has 4 rings (SSSR count). The summed E-state index contributed by atoms with van der Waals surface area (Å²) < 4.78 is 20.0. The molecule has 2 aromatic carbocycles. The first-order valence-corrected chi connectivity index (χ1v) is 8.41. The smallest absolute Gasteiger partial charge is 0.162 e. The molecule has 1 saturated carbocycles. The van der Waals surface area contributed by atoms with Crippen molar-refractivity contribution in [3.8, 4) is 5.75 Å². The molecule has 0 saturated heterocycles. The Kier molecular flexibility index (Phi) is 3.98. The summed E-state index contributed by atoms with van der Waals surface area (Å²) in [5, 5.41) is 0. The summed E-state index contributed by atoms with van der Waals surface area (Å²) in [6, 6.07) is 14.7. The summed E-state index contributed by atoms with van der Waals surface area (Å²) >= 11 is 0. The average Bonchev–Trinajstić information content (AvgIpc) is 3.33. The second kappa shape index (κ2) is 6.17. The molecule has 0 amide bonds. The molecule has 0 spiro atoms. The number of hydrogen-bond donors (Lipinski definition) is 1. The number of halogens is 1. The van der Waals surface area contributed by atoms with Crippen LogP contribution in [-0.4, -0.2) is 32.1 Å². The van der Waals surface area contributed by atoms with Gasteiger partial charge >= 0.3 is 0 Å². The van der Waals surface area contributed by atoms with Crippen LogP contribution >= 0.6 is 0 Å². The van der Waals surface area contributed by atoms with Gasteiger partial charge < -0.3 is 9.64 Å². The summed E-state index contributed by atoms with van der Waals surface area (Å²) in [6.07, 6.45) is 0.771. The van der Waals surface area contributed by atoms with E-state index in [1.54, 1.807) is 6.07 Å². The minimum Gasteiger partial charge on any atom is -0.477 e. The van der Waals surface area contributed by atoms with Crippen molar-refractivity contribution in [1.29, 1.82) is 0 Å². The maximum Gasteiger partial charge on any atom is 0.162 e. The van der Waals surface area contributed by atoms with Crippen molar-refractivity contribution in [2.45, 2.75) is 12.0 Å². The second-order valence-corrected chi connectivity index (χ2v) is 6.72. The van der Waals surface area contributed by atoms with Gasteiger partial charge in [0.25, 0.3) is 0 Å². The fourth-order valence-electron chi connectivity index (χ4n) is 3.24. The highest BCUT2D eigenvalue weighted by atomic mass is 19.1. The van der Waals surface area contributed by atoms with E-state index in [1.807, 2.05) is 44.4 Å². The number of hydroxylamine groups is 1. The zero-order valence-corrected chi connectivity index (χ0v) is 14.4. The third kappa shape index (κ3) is 2.90. The Bertz CT molecular complexity index is 820. The van der Waals surface area contributed by atoms with Crippen LogP contribution in [0, 0.1) is 5.82 Å². The Morgan fingerprint density at radius 2 is 2.00 bits per heavy atom. The molecular weight excluding hydrogens is 319 g/mol. The van der Waals surface area contributed by atoms with E-state index in [4.69, 9.17) is 9.57 Å². The van der Waals surface area contributed by atoms with Crippen LogP contribution in [0.2, 0.25) is 0 Å². The Hall–Kier alpha value is -2.37. The SMILES string of the molecule is CN(C)CCONC1=C2CC2(c2ccccc2)Oc2cc(F)ccc21. The molecule has 2 aromatic rings. The molecule has 1 fully saturated rings. The van der Waals surface area contributed by atoms with Crippen molar-refractivity contribution in [2.75, 3.05) is 27.2 Å². The topological polar surface area (TPSA) is 33.7 Å². The van der Waals surface area contributed by atoms with Crippen LogP contribution in [0.1, 0.15) is 17.5 Å². The van der Waals surface area contributed by atoms with Gasteiger partial charge in [0.2, 0.25) is 0 Å². The van der Waals surface area contributed by atoms with Crippen molar-refractivity contribution in [3.05, 3.63) is 71.0 Å². The lowest BCUT2D eigenvalue weighted by atomic mass is 10.0. The molecule has 4 nitrogen and oxygen atoms in total. The molecule has 1 atom stereocenters. The lowest BCUT2D eigenvalue weighted by Gasteiger charge is -2.26. The lowest BCUT2D eigenvalue weighted by Crippen LogP contribution is -2.26. The fraction of sp³-hybridized carbons (Fsp3) is 0.300. The minimum atomic E-state index is -0.505. The van der Waals surface area contributed by atoms with Crippen LogP contribution in [0.4, 0.5) is 4.39 Å². The minimum absolute atomic E-state index is 0.307.